The second kappa shape index (κ2) is 5.12. The van der Waals surface area contributed by atoms with Gasteiger partial charge in [0.15, 0.2) is 0 Å². The highest BCUT2D eigenvalue weighted by Crippen LogP contribution is 2.34. The van der Waals surface area contributed by atoms with Gasteiger partial charge in [-0.1, -0.05) is 18.9 Å². The maximum Gasteiger partial charge on any atom is 0.336 e. The zero-order valence-electron chi connectivity index (χ0n) is 11.5. The number of fused-ring (bicyclic) bond motifs is 1. The molecular formula is C16H18N2O2. The van der Waals surface area contributed by atoms with Crippen LogP contribution in [0.2, 0.25) is 0 Å². The maximum atomic E-state index is 11.2. The minimum Gasteiger partial charge on any atom is -0.478 e. The van der Waals surface area contributed by atoms with E-state index in [2.05, 4.69) is 17.2 Å². The van der Waals surface area contributed by atoms with Gasteiger partial charge in [-0.15, -0.1) is 0 Å². The smallest absolute Gasteiger partial charge is 0.336 e. The van der Waals surface area contributed by atoms with Crippen LogP contribution in [-0.4, -0.2) is 22.1 Å². The van der Waals surface area contributed by atoms with Crippen molar-refractivity contribution in [1.29, 1.82) is 0 Å². The molecule has 1 saturated carbocycles. The number of carboxylic acid groups (broad SMARTS) is 1. The van der Waals surface area contributed by atoms with Crippen molar-refractivity contribution in [2.75, 3.05) is 5.32 Å². The van der Waals surface area contributed by atoms with Gasteiger partial charge >= 0.3 is 5.97 Å². The number of hydrogen-bond donors (Lipinski definition) is 2. The van der Waals surface area contributed by atoms with Gasteiger partial charge in [-0.25, -0.2) is 9.78 Å². The SMILES string of the molecule is CC(CC1CC1)Nc1ccc2c(C(=O)O)cccc2n1. The van der Waals surface area contributed by atoms with Crippen LogP contribution in [0.4, 0.5) is 5.82 Å². The topological polar surface area (TPSA) is 62.2 Å². The molecule has 1 unspecified atom stereocenters. The molecule has 2 N–H and O–H groups in total. The number of nitrogens with zero attached hydrogens (tertiary/aromatic N) is 1. The van der Waals surface area contributed by atoms with Crippen molar-refractivity contribution in [2.24, 2.45) is 5.92 Å². The van der Waals surface area contributed by atoms with E-state index in [0.717, 1.165) is 11.7 Å². The first-order valence-corrected chi connectivity index (χ1v) is 7.03. The summed E-state index contributed by atoms with van der Waals surface area (Å²) in [6.07, 6.45) is 3.87. The number of benzene rings is 1. The average molecular weight is 270 g/mol. The minimum atomic E-state index is -0.916. The van der Waals surface area contributed by atoms with Gasteiger partial charge in [-0.05, 0) is 43.5 Å². The largest absolute Gasteiger partial charge is 0.478 e. The van der Waals surface area contributed by atoms with Gasteiger partial charge in [0.2, 0.25) is 0 Å². The second-order valence-corrected chi connectivity index (χ2v) is 5.60. The second-order valence-electron chi connectivity index (χ2n) is 5.60. The van der Waals surface area contributed by atoms with Gasteiger partial charge in [0.25, 0.3) is 0 Å². The number of nitrogens with one attached hydrogen (secondary N) is 1. The fraction of sp³-hybridized carbons (Fsp3) is 0.375. The maximum absolute atomic E-state index is 11.2. The lowest BCUT2D eigenvalue weighted by atomic mass is 10.1. The summed E-state index contributed by atoms with van der Waals surface area (Å²) < 4.78 is 0. The summed E-state index contributed by atoms with van der Waals surface area (Å²) >= 11 is 0. The third-order valence-corrected chi connectivity index (χ3v) is 3.74. The Bertz CT molecular complexity index is 650. The Morgan fingerprint density at radius 2 is 2.20 bits per heavy atom. The van der Waals surface area contributed by atoms with E-state index in [1.807, 2.05) is 18.2 Å². The molecule has 1 aliphatic carbocycles. The van der Waals surface area contributed by atoms with Gasteiger partial charge in [0, 0.05) is 11.4 Å². The molecule has 1 aromatic heterocycles. The van der Waals surface area contributed by atoms with Crippen LogP contribution < -0.4 is 5.32 Å². The van der Waals surface area contributed by atoms with Gasteiger partial charge in [0.05, 0.1) is 11.1 Å². The molecule has 3 rings (SSSR count). The summed E-state index contributed by atoms with van der Waals surface area (Å²) in [6, 6.07) is 9.27. The summed E-state index contributed by atoms with van der Waals surface area (Å²) in [5, 5.41) is 13.2. The Kier molecular flexibility index (Phi) is 3.30. The van der Waals surface area contributed by atoms with Crippen LogP contribution in [0.5, 0.6) is 0 Å². The number of anilines is 1. The van der Waals surface area contributed by atoms with Crippen molar-refractivity contribution in [3.05, 3.63) is 35.9 Å². The first kappa shape index (κ1) is 12.9. The number of aromatic carboxylic acids is 1. The van der Waals surface area contributed by atoms with Crippen LogP contribution in [0.1, 0.15) is 36.5 Å². The molecule has 20 heavy (non-hydrogen) atoms. The van der Waals surface area contributed by atoms with Crippen LogP contribution >= 0.6 is 0 Å². The summed E-state index contributed by atoms with van der Waals surface area (Å²) in [4.78, 5) is 15.7. The Hall–Kier alpha value is -2.10. The molecular weight excluding hydrogens is 252 g/mol. The van der Waals surface area contributed by atoms with E-state index in [1.165, 1.54) is 19.3 Å². The predicted molar refractivity (Wildman–Crippen MR) is 79.1 cm³/mol. The molecule has 0 aliphatic heterocycles. The van der Waals surface area contributed by atoms with E-state index in [-0.39, 0.29) is 0 Å². The Labute approximate surface area is 117 Å². The first-order chi connectivity index (χ1) is 9.63. The average Bonchev–Trinajstić information content (AvgIpc) is 3.21. The Morgan fingerprint density at radius 3 is 2.90 bits per heavy atom. The van der Waals surface area contributed by atoms with Crippen LogP contribution in [0, 0.1) is 5.92 Å². The first-order valence-electron chi connectivity index (χ1n) is 7.03. The molecule has 1 aromatic carbocycles. The van der Waals surface area contributed by atoms with Gasteiger partial charge in [-0.2, -0.15) is 0 Å². The molecule has 0 saturated heterocycles. The lowest BCUT2D eigenvalue weighted by molar-refractivity contribution is 0.0699. The van der Waals surface area contributed by atoms with Crippen molar-refractivity contribution in [1.82, 2.24) is 4.98 Å². The van der Waals surface area contributed by atoms with Crippen molar-refractivity contribution in [3.63, 3.8) is 0 Å². The molecule has 1 atom stereocenters. The standard InChI is InChI=1S/C16H18N2O2/c1-10(9-11-5-6-11)17-15-8-7-12-13(16(19)20)3-2-4-14(12)18-15/h2-4,7-8,10-11H,5-6,9H2,1H3,(H,17,18)(H,19,20). The van der Waals surface area contributed by atoms with E-state index < -0.39 is 5.97 Å². The fourth-order valence-electron chi connectivity index (χ4n) is 2.59. The van der Waals surface area contributed by atoms with Crippen molar-refractivity contribution in [3.8, 4) is 0 Å². The summed E-state index contributed by atoms with van der Waals surface area (Å²) in [6.45, 7) is 2.16. The van der Waals surface area contributed by atoms with E-state index in [4.69, 9.17) is 5.11 Å². The molecule has 0 bridgehead atoms. The third-order valence-electron chi connectivity index (χ3n) is 3.74. The molecule has 0 radical (unpaired) electrons. The van der Waals surface area contributed by atoms with E-state index in [0.29, 0.717) is 22.5 Å². The lowest BCUT2D eigenvalue weighted by Gasteiger charge is -2.14. The zero-order valence-corrected chi connectivity index (χ0v) is 11.5. The summed E-state index contributed by atoms with van der Waals surface area (Å²) in [5.74, 6) is 0.768. The number of pyridine rings is 1. The van der Waals surface area contributed by atoms with Gasteiger partial charge in [-0.3, -0.25) is 0 Å². The molecule has 104 valence electrons. The number of carbonyl (C=O) groups is 1. The Balaban J connectivity index is 1.84. The van der Waals surface area contributed by atoms with E-state index >= 15 is 0 Å². The molecule has 0 spiro atoms. The van der Waals surface area contributed by atoms with Crippen LogP contribution in [0.25, 0.3) is 10.9 Å². The number of hydrogen-bond acceptors (Lipinski definition) is 3. The molecule has 4 heteroatoms. The van der Waals surface area contributed by atoms with Gasteiger partial charge in [0.1, 0.15) is 5.82 Å². The third kappa shape index (κ3) is 2.74. The van der Waals surface area contributed by atoms with Crippen molar-refractivity contribution in [2.45, 2.75) is 32.2 Å². The summed E-state index contributed by atoms with van der Waals surface area (Å²) in [7, 11) is 0. The van der Waals surface area contributed by atoms with E-state index in [1.54, 1.807) is 12.1 Å². The quantitative estimate of drug-likeness (QED) is 0.872. The molecule has 1 fully saturated rings. The van der Waals surface area contributed by atoms with Crippen molar-refractivity contribution < 1.29 is 9.90 Å². The normalized spacial score (nSPS) is 16.1. The van der Waals surface area contributed by atoms with Crippen LogP contribution in [-0.2, 0) is 0 Å². The minimum absolute atomic E-state index is 0.299. The monoisotopic (exact) mass is 270 g/mol. The number of rotatable bonds is 5. The van der Waals surface area contributed by atoms with Crippen LogP contribution in [0.15, 0.2) is 30.3 Å². The summed E-state index contributed by atoms with van der Waals surface area (Å²) in [5.41, 5.74) is 1.01. The number of aromatic nitrogens is 1. The molecule has 0 amide bonds. The van der Waals surface area contributed by atoms with Crippen molar-refractivity contribution >= 4 is 22.7 Å². The zero-order chi connectivity index (χ0) is 14.1. The highest BCUT2D eigenvalue weighted by atomic mass is 16.4. The molecule has 1 aliphatic rings. The number of carboxylic acids is 1. The fourth-order valence-corrected chi connectivity index (χ4v) is 2.59. The lowest BCUT2D eigenvalue weighted by Crippen LogP contribution is -2.16. The Morgan fingerprint density at radius 1 is 1.40 bits per heavy atom. The predicted octanol–water partition coefficient (Wildman–Crippen LogP) is 3.53. The highest BCUT2D eigenvalue weighted by molar-refractivity contribution is 6.02. The molecule has 4 nitrogen and oxygen atoms in total. The molecule has 1 heterocycles. The highest BCUT2D eigenvalue weighted by Gasteiger charge is 2.23. The molecule has 2 aromatic rings. The van der Waals surface area contributed by atoms with Crippen LogP contribution in [0.3, 0.4) is 0 Å². The van der Waals surface area contributed by atoms with Gasteiger partial charge < -0.3 is 10.4 Å². The van der Waals surface area contributed by atoms with E-state index in [9.17, 15) is 4.79 Å².